The largest absolute Gasteiger partial charge is 0.489 e. The molecule has 0 bridgehead atoms. The van der Waals surface area contributed by atoms with E-state index in [0.29, 0.717) is 17.7 Å². The zero-order valence-corrected chi connectivity index (χ0v) is 19.9. The molecule has 0 aliphatic carbocycles. The van der Waals surface area contributed by atoms with Gasteiger partial charge in [0.05, 0.1) is 12.7 Å². The van der Waals surface area contributed by atoms with Crippen LogP contribution in [0.25, 0.3) is 0 Å². The lowest BCUT2D eigenvalue weighted by atomic mass is 10.1. The summed E-state index contributed by atoms with van der Waals surface area (Å²) >= 11 is 2.25. The van der Waals surface area contributed by atoms with Crippen LogP contribution in [0.2, 0.25) is 0 Å². The molecule has 7 heteroatoms. The van der Waals surface area contributed by atoms with Crippen LogP contribution in [0.3, 0.4) is 0 Å². The van der Waals surface area contributed by atoms with E-state index < -0.39 is 11.7 Å². The quantitative estimate of drug-likeness (QED) is 0.301. The molecule has 0 spiro atoms. The van der Waals surface area contributed by atoms with Gasteiger partial charge in [-0.2, -0.15) is 0 Å². The Hall–Kier alpha value is -2.29. The van der Waals surface area contributed by atoms with Crippen molar-refractivity contribution in [3.05, 3.63) is 65.2 Å². The minimum Gasteiger partial charge on any atom is -0.489 e. The fourth-order valence-electron chi connectivity index (χ4n) is 2.74. The molecule has 2 rings (SSSR count). The van der Waals surface area contributed by atoms with Crippen molar-refractivity contribution in [2.24, 2.45) is 0 Å². The number of esters is 1. The van der Waals surface area contributed by atoms with Gasteiger partial charge in [0.15, 0.2) is 0 Å². The fraction of sp³-hybridized carbons (Fsp3) is 0.391. The van der Waals surface area contributed by atoms with Crippen molar-refractivity contribution in [1.82, 2.24) is 5.32 Å². The molecule has 0 saturated carbocycles. The molecule has 1 atom stereocenters. The summed E-state index contributed by atoms with van der Waals surface area (Å²) in [5.74, 6) is 0.316. The normalized spacial score (nSPS) is 12.0. The van der Waals surface area contributed by atoms with Gasteiger partial charge >= 0.3 is 12.1 Å². The number of methoxy groups -OCH3 is 1. The van der Waals surface area contributed by atoms with Gasteiger partial charge < -0.3 is 19.5 Å². The first-order chi connectivity index (χ1) is 14.2. The Balaban J connectivity index is 1.93. The lowest BCUT2D eigenvalue weighted by molar-refractivity contribution is 0.0509. The lowest BCUT2D eigenvalue weighted by Crippen LogP contribution is -2.41. The van der Waals surface area contributed by atoms with Gasteiger partial charge in [-0.1, -0.05) is 52.9 Å². The monoisotopic (exact) mass is 525 g/mol. The molecule has 1 amide bonds. The average Bonchev–Trinajstić information content (AvgIpc) is 2.71. The highest BCUT2D eigenvalue weighted by Gasteiger charge is 2.19. The number of alkyl carbamates (subject to hydrolysis) is 1. The number of benzene rings is 2. The molecule has 0 aliphatic heterocycles. The van der Waals surface area contributed by atoms with E-state index in [1.807, 2.05) is 57.2 Å². The molecule has 162 valence electrons. The van der Waals surface area contributed by atoms with Crippen molar-refractivity contribution in [3.63, 3.8) is 0 Å². The molecule has 2 aromatic rings. The van der Waals surface area contributed by atoms with Crippen molar-refractivity contribution >= 4 is 34.7 Å². The zero-order valence-electron chi connectivity index (χ0n) is 17.7. The van der Waals surface area contributed by atoms with Crippen molar-refractivity contribution in [1.29, 1.82) is 0 Å². The molecule has 0 radical (unpaired) electrons. The van der Waals surface area contributed by atoms with Gasteiger partial charge in [0.2, 0.25) is 0 Å². The van der Waals surface area contributed by atoms with E-state index in [2.05, 4.69) is 27.9 Å². The van der Waals surface area contributed by atoms with Crippen LogP contribution in [0.1, 0.15) is 42.3 Å². The summed E-state index contributed by atoms with van der Waals surface area (Å²) in [6.45, 7) is 5.79. The number of halogens is 1. The number of carbonyl (C=O) groups is 2. The number of hydrogen-bond acceptors (Lipinski definition) is 5. The second-order valence-electron chi connectivity index (χ2n) is 7.78. The van der Waals surface area contributed by atoms with Gasteiger partial charge in [0.25, 0.3) is 0 Å². The molecule has 0 saturated heterocycles. The Morgan fingerprint density at radius 2 is 1.73 bits per heavy atom. The standard InChI is InChI=1S/C23H28INO5/c1-23(2,3)30-22(27)25-18(14-24)13-16-9-11-19(12-10-16)29-15-17-7-5-6-8-20(17)21(26)28-4/h5-12,18H,13-15H2,1-4H3,(H,25,27)/t18-/m0/s1. The van der Waals surface area contributed by atoms with Crippen LogP contribution in [0.15, 0.2) is 48.5 Å². The van der Waals surface area contributed by atoms with Gasteiger partial charge in [-0.15, -0.1) is 0 Å². The average molecular weight is 525 g/mol. The van der Waals surface area contributed by atoms with Crippen LogP contribution < -0.4 is 10.1 Å². The number of alkyl halides is 1. The highest BCUT2D eigenvalue weighted by Crippen LogP contribution is 2.18. The van der Waals surface area contributed by atoms with E-state index in [4.69, 9.17) is 14.2 Å². The van der Waals surface area contributed by atoms with E-state index >= 15 is 0 Å². The summed E-state index contributed by atoms with van der Waals surface area (Å²) in [5, 5.41) is 2.91. The van der Waals surface area contributed by atoms with Crippen molar-refractivity contribution in [2.75, 3.05) is 11.5 Å². The van der Waals surface area contributed by atoms with E-state index in [1.165, 1.54) is 7.11 Å². The van der Waals surface area contributed by atoms with Crippen LogP contribution in [0.5, 0.6) is 5.75 Å². The van der Waals surface area contributed by atoms with E-state index in [-0.39, 0.29) is 18.6 Å². The Labute approximate surface area is 191 Å². The highest BCUT2D eigenvalue weighted by molar-refractivity contribution is 14.1. The van der Waals surface area contributed by atoms with Crippen molar-refractivity contribution < 1.29 is 23.8 Å². The number of ether oxygens (including phenoxy) is 3. The van der Waals surface area contributed by atoms with Crippen LogP contribution in [0.4, 0.5) is 4.79 Å². The third-order valence-corrected chi connectivity index (χ3v) is 5.19. The Bertz CT molecular complexity index is 845. The third-order valence-electron chi connectivity index (χ3n) is 4.13. The van der Waals surface area contributed by atoms with E-state index in [9.17, 15) is 9.59 Å². The SMILES string of the molecule is COC(=O)c1ccccc1COc1ccc(C[C@@H](CI)NC(=O)OC(C)(C)C)cc1. The maximum absolute atomic E-state index is 12.0. The predicted octanol–water partition coefficient (Wildman–Crippen LogP) is 4.92. The molecule has 2 aromatic carbocycles. The van der Waals surface area contributed by atoms with Gasteiger partial charge in [0.1, 0.15) is 18.0 Å². The minimum atomic E-state index is -0.522. The third kappa shape index (κ3) is 7.85. The van der Waals surface area contributed by atoms with Crippen LogP contribution in [-0.2, 0) is 22.5 Å². The van der Waals surface area contributed by atoms with E-state index in [1.54, 1.807) is 12.1 Å². The van der Waals surface area contributed by atoms with Crippen molar-refractivity contribution in [2.45, 2.75) is 45.4 Å². The van der Waals surface area contributed by atoms with Crippen LogP contribution >= 0.6 is 22.6 Å². The smallest absolute Gasteiger partial charge is 0.407 e. The predicted molar refractivity (Wildman–Crippen MR) is 124 cm³/mol. The summed E-state index contributed by atoms with van der Waals surface area (Å²) in [7, 11) is 1.36. The first-order valence-corrected chi connectivity index (χ1v) is 11.2. The van der Waals surface area contributed by atoms with Crippen molar-refractivity contribution in [3.8, 4) is 5.75 Å². The second-order valence-corrected chi connectivity index (χ2v) is 8.66. The van der Waals surface area contributed by atoms with Crippen LogP contribution in [0, 0.1) is 0 Å². The summed E-state index contributed by atoms with van der Waals surface area (Å²) in [5.41, 5.74) is 1.82. The first-order valence-electron chi connectivity index (χ1n) is 9.65. The Kier molecular flexibility index (Phi) is 8.95. The minimum absolute atomic E-state index is 0.0286. The van der Waals surface area contributed by atoms with Gasteiger partial charge in [-0.05, 0) is 51.0 Å². The maximum atomic E-state index is 12.0. The number of hydrogen-bond donors (Lipinski definition) is 1. The Morgan fingerprint density at radius 1 is 1.07 bits per heavy atom. The molecule has 0 unspecified atom stereocenters. The molecule has 0 fully saturated rings. The lowest BCUT2D eigenvalue weighted by Gasteiger charge is -2.23. The number of rotatable bonds is 8. The maximum Gasteiger partial charge on any atom is 0.407 e. The van der Waals surface area contributed by atoms with Gasteiger partial charge in [0, 0.05) is 16.0 Å². The van der Waals surface area contributed by atoms with Gasteiger partial charge in [-0.3, -0.25) is 0 Å². The number of amides is 1. The fourth-order valence-corrected chi connectivity index (χ4v) is 3.27. The summed E-state index contributed by atoms with van der Waals surface area (Å²) < 4.78 is 16.7. The molecular formula is C23H28INO5. The molecular weight excluding hydrogens is 497 g/mol. The summed E-state index contributed by atoms with van der Waals surface area (Å²) in [6, 6.07) is 14.9. The topological polar surface area (TPSA) is 73.9 Å². The molecule has 0 heterocycles. The number of carbonyl (C=O) groups excluding carboxylic acids is 2. The summed E-state index contributed by atoms with van der Waals surface area (Å²) in [4.78, 5) is 23.9. The van der Waals surface area contributed by atoms with Crippen LogP contribution in [-0.4, -0.2) is 35.2 Å². The molecule has 1 N–H and O–H groups in total. The first kappa shape index (κ1) is 24.0. The Morgan fingerprint density at radius 3 is 2.33 bits per heavy atom. The van der Waals surface area contributed by atoms with E-state index in [0.717, 1.165) is 15.6 Å². The van der Waals surface area contributed by atoms with Gasteiger partial charge in [-0.25, -0.2) is 9.59 Å². The highest BCUT2D eigenvalue weighted by atomic mass is 127. The zero-order chi connectivity index (χ0) is 22.1. The molecule has 0 aliphatic rings. The number of nitrogens with one attached hydrogen (secondary N) is 1. The second kappa shape index (κ2) is 11.2. The molecule has 0 aromatic heterocycles. The molecule has 30 heavy (non-hydrogen) atoms. The molecule has 6 nitrogen and oxygen atoms in total. The summed E-state index contributed by atoms with van der Waals surface area (Å²) in [6.07, 6.45) is 0.279.